The van der Waals surface area contributed by atoms with E-state index in [4.69, 9.17) is 16.3 Å². The number of fused-ring (bicyclic) bond motifs is 2. The Morgan fingerprint density at radius 1 is 1.15 bits per heavy atom. The van der Waals surface area contributed by atoms with Gasteiger partial charge in [-0.2, -0.15) is 0 Å². The van der Waals surface area contributed by atoms with Crippen LogP contribution in [0.1, 0.15) is 11.1 Å². The molecule has 0 N–H and O–H groups in total. The normalized spacial score (nSPS) is 15.2. The Morgan fingerprint density at radius 3 is 2.62 bits per heavy atom. The van der Waals surface area contributed by atoms with E-state index in [1.165, 1.54) is 34.2 Å². The van der Waals surface area contributed by atoms with Crippen molar-refractivity contribution in [3.05, 3.63) is 87.4 Å². The van der Waals surface area contributed by atoms with Crippen molar-refractivity contribution >= 4 is 45.0 Å². The molecule has 2 aromatic heterocycles. The lowest BCUT2D eigenvalue weighted by atomic mass is 9.94. The molecule has 1 aliphatic rings. The van der Waals surface area contributed by atoms with Gasteiger partial charge in [-0.1, -0.05) is 48.0 Å². The lowest BCUT2D eigenvalue weighted by Crippen LogP contribution is -2.50. The van der Waals surface area contributed by atoms with Crippen LogP contribution < -0.4 is 5.56 Å². The second-order valence-corrected chi connectivity index (χ2v) is 9.53. The number of methoxy groups -OCH3 is 1. The van der Waals surface area contributed by atoms with E-state index in [1.54, 1.807) is 12.1 Å². The Balaban J connectivity index is 1.44. The quantitative estimate of drug-likeness (QED) is 0.403. The lowest BCUT2D eigenvalue weighted by Gasteiger charge is -2.35. The molecule has 4 aromatic rings. The first-order chi connectivity index (χ1) is 16.4. The zero-order valence-corrected chi connectivity index (χ0v) is 19.8. The van der Waals surface area contributed by atoms with Gasteiger partial charge >= 0.3 is 5.97 Å². The van der Waals surface area contributed by atoms with E-state index >= 15 is 0 Å². The van der Waals surface area contributed by atoms with Gasteiger partial charge in [0, 0.05) is 22.9 Å². The summed E-state index contributed by atoms with van der Waals surface area (Å²) >= 11 is 7.30. The molecule has 1 amide bonds. The van der Waals surface area contributed by atoms with Crippen molar-refractivity contribution in [3.63, 3.8) is 0 Å². The van der Waals surface area contributed by atoms with Crippen LogP contribution in [0.3, 0.4) is 0 Å². The summed E-state index contributed by atoms with van der Waals surface area (Å²) in [4.78, 5) is 45.6. The van der Waals surface area contributed by atoms with E-state index in [0.717, 1.165) is 21.6 Å². The number of amides is 1. The van der Waals surface area contributed by atoms with Gasteiger partial charge in [-0.3, -0.25) is 14.2 Å². The SMILES string of the molecule is COC(=O)C1Cc2ccccc2CN1C(=O)Cn1cnc2cc(-c3ccc(Cl)cc3)sc2c1=O. The molecule has 1 atom stereocenters. The minimum atomic E-state index is -0.738. The molecule has 172 valence electrons. The maximum absolute atomic E-state index is 13.3. The predicted octanol–water partition coefficient (Wildman–Crippen LogP) is 3.90. The molecular formula is C25H20ClN3O4S. The lowest BCUT2D eigenvalue weighted by molar-refractivity contribution is -0.154. The van der Waals surface area contributed by atoms with Crippen molar-refractivity contribution in [3.8, 4) is 10.4 Å². The average molecular weight is 494 g/mol. The van der Waals surface area contributed by atoms with Crippen LogP contribution >= 0.6 is 22.9 Å². The molecule has 0 saturated carbocycles. The monoisotopic (exact) mass is 493 g/mol. The van der Waals surface area contributed by atoms with Gasteiger partial charge in [0.1, 0.15) is 17.3 Å². The highest BCUT2D eigenvalue weighted by atomic mass is 35.5. The summed E-state index contributed by atoms with van der Waals surface area (Å²) in [6.07, 6.45) is 1.75. The van der Waals surface area contributed by atoms with Crippen molar-refractivity contribution < 1.29 is 14.3 Å². The number of rotatable bonds is 4. The minimum absolute atomic E-state index is 0.217. The highest BCUT2D eigenvalue weighted by Crippen LogP contribution is 2.31. The number of carbonyl (C=O) groups excluding carboxylic acids is 2. The Bertz CT molecular complexity index is 1460. The molecule has 0 aliphatic carbocycles. The van der Waals surface area contributed by atoms with Gasteiger partial charge in [0.2, 0.25) is 5.91 Å². The van der Waals surface area contributed by atoms with E-state index in [0.29, 0.717) is 21.7 Å². The number of hydrogen-bond donors (Lipinski definition) is 0. The molecule has 7 nitrogen and oxygen atoms in total. The molecule has 1 aliphatic heterocycles. The van der Waals surface area contributed by atoms with Crippen molar-refractivity contribution in [2.45, 2.75) is 25.6 Å². The zero-order valence-electron chi connectivity index (χ0n) is 18.2. The van der Waals surface area contributed by atoms with Gasteiger partial charge in [0.05, 0.1) is 19.0 Å². The molecule has 0 saturated heterocycles. The smallest absolute Gasteiger partial charge is 0.328 e. The number of nitrogens with zero attached hydrogens (tertiary/aromatic N) is 3. The van der Waals surface area contributed by atoms with E-state index in [1.807, 2.05) is 42.5 Å². The molecule has 3 heterocycles. The molecular weight excluding hydrogens is 474 g/mol. The van der Waals surface area contributed by atoms with Gasteiger partial charge in [0.15, 0.2) is 0 Å². The van der Waals surface area contributed by atoms with E-state index < -0.39 is 12.0 Å². The first-order valence-corrected chi connectivity index (χ1v) is 11.8. The number of carbonyl (C=O) groups is 2. The summed E-state index contributed by atoms with van der Waals surface area (Å²) in [6, 6.07) is 16.2. The van der Waals surface area contributed by atoms with Crippen molar-refractivity contribution in [2.24, 2.45) is 0 Å². The van der Waals surface area contributed by atoms with Gasteiger partial charge in [-0.15, -0.1) is 11.3 Å². The van der Waals surface area contributed by atoms with Gasteiger partial charge in [-0.05, 0) is 34.9 Å². The summed E-state index contributed by atoms with van der Waals surface area (Å²) in [5.41, 5.74) is 3.19. The molecule has 0 fully saturated rings. The summed E-state index contributed by atoms with van der Waals surface area (Å²) in [6.45, 7) is 0.0600. The summed E-state index contributed by atoms with van der Waals surface area (Å²) in [5, 5.41) is 0.634. The van der Waals surface area contributed by atoms with Crippen LogP contribution in [-0.2, 0) is 33.8 Å². The first-order valence-electron chi connectivity index (χ1n) is 10.6. The van der Waals surface area contributed by atoms with Crippen LogP contribution in [0.5, 0.6) is 0 Å². The Labute approximate surface area is 204 Å². The van der Waals surface area contributed by atoms with Gasteiger partial charge < -0.3 is 9.64 Å². The highest BCUT2D eigenvalue weighted by Gasteiger charge is 2.35. The standard InChI is InChI=1S/C25H20ClN3O4S/c1-33-25(32)20-10-16-4-2-3-5-17(16)12-29(20)22(30)13-28-14-27-19-11-21(34-23(19)24(28)31)15-6-8-18(26)9-7-15/h2-9,11,14,20H,10,12-13H2,1H3. The van der Waals surface area contributed by atoms with Crippen LogP contribution in [-0.4, -0.2) is 39.5 Å². The third-order valence-corrected chi connectivity index (χ3v) is 7.39. The minimum Gasteiger partial charge on any atom is -0.467 e. The molecule has 34 heavy (non-hydrogen) atoms. The van der Waals surface area contributed by atoms with E-state index in [9.17, 15) is 14.4 Å². The van der Waals surface area contributed by atoms with Crippen LogP contribution in [0.2, 0.25) is 5.02 Å². The fraction of sp³-hybridized carbons (Fsp3) is 0.200. The Morgan fingerprint density at radius 2 is 1.88 bits per heavy atom. The number of ether oxygens (including phenoxy) is 1. The molecule has 0 spiro atoms. The zero-order chi connectivity index (χ0) is 23.8. The van der Waals surface area contributed by atoms with E-state index in [2.05, 4.69) is 4.98 Å². The van der Waals surface area contributed by atoms with Gasteiger partial charge in [-0.25, -0.2) is 9.78 Å². The third kappa shape index (κ3) is 4.10. The Kier molecular flexibility index (Phi) is 5.93. The van der Waals surface area contributed by atoms with Crippen LogP contribution in [0, 0.1) is 0 Å². The molecule has 0 radical (unpaired) electrons. The third-order valence-electron chi connectivity index (χ3n) is 5.98. The fourth-order valence-electron chi connectivity index (χ4n) is 4.18. The van der Waals surface area contributed by atoms with Crippen molar-refractivity contribution in [1.29, 1.82) is 0 Å². The molecule has 9 heteroatoms. The fourth-order valence-corrected chi connectivity index (χ4v) is 5.37. The highest BCUT2D eigenvalue weighted by molar-refractivity contribution is 7.22. The number of aromatic nitrogens is 2. The number of halogens is 1. The molecule has 2 aromatic carbocycles. The number of esters is 1. The number of thiophene rings is 1. The average Bonchev–Trinajstić information content (AvgIpc) is 3.30. The summed E-state index contributed by atoms with van der Waals surface area (Å²) in [7, 11) is 1.31. The molecule has 1 unspecified atom stereocenters. The maximum Gasteiger partial charge on any atom is 0.328 e. The number of hydrogen-bond acceptors (Lipinski definition) is 6. The summed E-state index contributed by atoms with van der Waals surface area (Å²) in [5.74, 6) is -0.822. The molecule has 0 bridgehead atoms. The predicted molar refractivity (Wildman–Crippen MR) is 131 cm³/mol. The second kappa shape index (κ2) is 9.04. The van der Waals surface area contributed by atoms with E-state index in [-0.39, 0.29) is 24.6 Å². The van der Waals surface area contributed by atoms with Gasteiger partial charge in [0.25, 0.3) is 5.56 Å². The van der Waals surface area contributed by atoms with Crippen LogP contribution in [0.15, 0.2) is 65.7 Å². The first kappa shape index (κ1) is 22.3. The van der Waals surface area contributed by atoms with Crippen LogP contribution in [0.4, 0.5) is 0 Å². The maximum atomic E-state index is 13.3. The largest absolute Gasteiger partial charge is 0.467 e. The number of benzene rings is 2. The summed E-state index contributed by atoms with van der Waals surface area (Å²) < 4.78 is 6.71. The van der Waals surface area contributed by atoms with Crippen molar-refractivity contribution in [2.75, 3.05) is 7.11 Å². The topological polar surface area (TPSA) is 81.5 Å². The van der Waals surface area contributed by atoms with Crippen molar-refractivity contribution in [1.82, 2.24) is 14.5 Å². The second-order valence-electron chi connectivity index (χ2n) is 8.04. The molecule has 5 rings (SSSR count). The Hall–Kier alpha value is -3.49. The van der Waals surface area contributed by atoms with Crippen LogP contribution in [0.25, 0.3) is 20.7 Å².